The van der Waals surface area contributed by atoms with Gasteiger partial charge in [-0.05, 0) is 18.6 Å². The molecule has 5 nitrogen and oxygen atoms in total. The van der Waals surface area contributed by atoms with Gasteiger partial charge in [-0.2, -0.15) is 0 Å². The molecule has 1 rings (SSSR count). The van der Waals surface area contributed by atoms with Gasteiger partial charge in [0.15, 0.2) is 0 Å². The van der Waals surface area contributed by atoms with E-state index >= 15 is 0 Å². The molecule has 1 aromatic carbocycles. The molecule has 0 aliphatic rings. The van der Waals surface area contributed by atoms with Gasteiger partial charge < -0.3 is 15.2 Å². The number of benzene rings is 1. The largest absolute Gasteiger partial charge is 0.493 e. The molecule has 0 fully saturated rings. The average Bonchev–Trinajstić information content (AvgIpc) is 2.39. The molecule has 0 spiro atoms. The highest BCUT2D eigenvalue weighted by atomic mass is 16.5. The number of hydrogen-bond donors (Lipinski definition) is 2. The summed E-state index contributed by atoms with van der Waals surface area (Å²) in [7, 11) is 0. The third kappa shape index (κ3) is 5.42. The summed E-state index contributed by atoms with van der Waals surface area (Å²) in [6.07, 6.45) is 1.85. The predicted molar refractivity (Wildman–Crippen MR) is 71.4 cm³/mol. The van der Waals surface area contributed by atoms with Gasteiger partial charge in [0.2, 0.25) is 0 Å². The van der Waals surface area contributed by atoms with Crippen LogP contribution in [0.2, 0.25) is 0 Å². The predicted octanol–water partition coefficient (Wildman–Crippen LogP) is 2.07. The summed E-state index contributed by atoms with van der Waals surface area (Å²) in [5.41, 5.74) is 0.434. The van der Waals surface area contributed by atoms with Crippen LogP contribution in [0.1, 0.15) is 36.5 Å². The first-order chi connectivity index (χ1) is 9.15. The Balaban J connectivity index is 2.59. The highest BCUT2D eigenvalue weighted by Crippen LogP contribution is 2.18. The summed E-state index contributed by atoms with van der Waals surface area (Å²) in [6, 6.07) is 6.95. The van der Waals surface area contributed by atoms with Gasteiger partial charge in [-0.3, -0.25) is 9.59 Å². The molecule has 0 radical (unpaired) electrons. The van der Waals surface area contributed by atoms with Crippen molar-refractivity contribution in [2.24, 2.45) is 0 Å². The molecule has 2 N–H and O–H groups in total. The van der Waals surface area contributed by atoms with E-state index in [9.17, 15) is 9.59 Å². The summed E-state index contributed by atoms with van der Waals surface area (Å²) in [6.45, 7) is 2.74. The molecule has 0 unspecified atom stereocenters. The van der Waals surface area contributed by atoms with E-state index in [0.29, 0.717) is 17.9 Å². The van der Waals surface area contributed by atoms with E-state index in [2.05, 4.69) is 12.2 Å². The topological polar surface area (TPSA) is 75.6 Å². The van der Waals surface area contributed by atoms with Crippen molar-refractivity contribution in [3.63, 3.8) is 0 Å². The maximum Gasteiger partial charge on any atom is 0.305 e. The molecule has 0 bridgehead atoms. The van der Waals surface area contributed by atoms with Crippen molar-refractivity contribution in [2.45, 2.75) is 26.2 Å². The van der Waals surface area contributed by atoms with Crippen molar-refractivity contribution in [3.8, 4) is 5.75 Å². The lowest BCUT2D eigenvalue weighted by molar-refractivity contribution is -0.136. The van der Waals surface area contributed by atoms with Crippen LogP contribution in [0, 0.1) is 0 Å². The van der Waals surface area contributed by atoms with Gasteiger partial charge >= 0.3 is 5.97 Å². The molecule has 0 saturated carbocycles. The van der Waals surface area contributed by atoms with E-state index in [-0.39, 0.29) is 18.9 Å². The maximum atomic E-state index is 11.9. The lowest BCUT2D eigenvalue weighted by Gasteiger charge is -2.10. The number of unbranched alkanes of at least 4 members (excludes halogenated alkanes) is 1. The van der Waals surface area contributed by atoms with Gasteiger partial charge in [-0.25, -0.2) is 0 Å². The lowest BCUT2D eigenvalue weighted by atomic mass is 10.2. The number of hydrogen-bond acceptors (Lipinski definition) is 3. The molecule has 0 saturated heterocycles. The minimum absolute atomic E-state index is 0.0927. The SMILES string of the molecule is CCCCOc1ccccc1C(=O)NCCC(=O)O. The molecule has 0 aliphatic heterocycles. The number of carbonyl (C=O) groups is 2. The van der Waals surface area contributed by atoms with E-state index in [1.807, 2.05) is 0 Å². The van der Waals surface area contributed by atoms with E-state index in [1.165, 1.54) is 0 Å². The van der Waals surface area contributed by atoms with E-state index in [0.717, 1.165) is 12.8 Å². The monoisotopic (exact) mass is 265 g/mol. The van der Waals surface area contributed by atoms with Crippen molar-refractivity contribution >= 4 is 11.9 Å². The Morgan fingerprint density at radius 2 is 2.05 bits per heavy atom. The standard InChI is InChI=1S/C14H19NO4/c1-2-3-10-19-12-7-5-4-6-11(12)14(18)15-9-8-13(16)17/h4-7H,2-3,8-10H2,1H3,(H,15,18)(H,16,17). The van der Waals surface area contributed by atoms with Crippen molar-refractivity contribution < 1.29 is 19.4 Å². The molecule has 19 heavy (non-hydrogen) atoms. The van der Waals surface area contributed by atoms with Gasteiger partial charge in [0, 0.05) is 6.54 Å². The number of rotatable bonds is 8. The molecule has 1 aromatic rings. The Morgan fingerprint density at radius 3 is 2.74 bits per heavy atom. The van der Waals surface area contributed by atoms with Crippen LogP contribution in [0.3, 0.4) is 0 Å². The zero-order valence-electron chi connectivity index (χ0n) is 11.0. The van der Waals surface area contributed by atoms with Gasteiger partial charge in [-0.15, -0.1) is 0 Å². The number of nitrogens with one attached hydrogen (secondary N) is 1. The molecule has 0 heterocycles. The number of carboxylic acids is 1. The quantitative estimate of drug-likeness (QED) is 0.705. The first-order valence-corrected chi connectivity index (χ1v) is 6.37. The number of carboxylic acid groups (broad SMARTS) is 1. The zero-order chi connectivity index (χ0) is 14.1. The van der Waals surface area contributed by atoms with Gasteiger partial charge in [0.1, 0.15) is 5.75 Å². The van der Waals surface area contributed by atoms with Crippen molar-refractivity contribution in [1.29, 1.82) is 0 Å². The fourth-order valence-corrected chi connectivity index (χ4v) is 1.48. The van der Waals surface area contributed by atoms with Crippen molar-refractivity contribution in [1.82, 2.24) is 5.32 Å². The first-order valence-electron chi connectivity index (χ1n) is 6.37. The van der Waals surface area contributed by atoms with Crippen LogP contribution >= 0.6 is 0 Å². The summed E-state index contributed by atoms with van der Waals surface area (Å²) in [4.78, 5) is 22.3. The molecule has 0 aliphatic carbocycles. The summed E-state index contributed by atoms with van der Waals surface area (Å²) < 4.78 is 5.55. The van der Waals surface area contributed by atoms with Crippen LogP contribution < -0.4 is 10.1 Å². The second kappa shape index (κ2) is 8.13. The number of carbonyl (C=O) groups excluding carboxylic acids is 1. The fourth-order valence-electron chi connectivity index (χ4n) is 1.48. The van der Waals surface area contributed by atoms with E-state index < -0.39 is 5.97 Å². The third-order valence-corrected chi connectivity index (χ3v) is 2.51. The Labute approximate surface area is 112 Å². The number of aliphatic carboxylic acids is 1. The minimum atomic E-state index is -0.937. The summed E-state index contributed by atoms with van der Waals surface area (Å²) in [5, 5.41) is 11.1. The Hall–Kier alpha value is -2.04. The second-order valence-electron chi connectivity index (χ2n) is 4.10. The van der Waals surface area contributed by atoms with Crippen LogP contribution in [0.15, 0.2) is 24.3 Å². The van der Waals surface area contributed by atoms with Gasteiger partial charge in [-0.1, -0.05) is 25.5 Å². The van der Waals surface area contributed by atoms with E-state index in [4.69, 9.17) is 9.84 Å². The Bertz CT molecular complexity index is 431. The van der Waals surface area contributed by atoms with Gasteiger partial charge in [0.25, 0.3) is 5.91 Å². The van der Waals surface area contributed by atoms with Crippen LogP contribution in [0.25, 0.3) is 0 Å². The fraction of sp³-hybridized carbons (Fsp3) is 0.429. The Morgan fingerprint density at radius 1 is 1.32 bits per heavy atom. The molecule has 104 valence electrons. The lowest BCUT2D eigenvalue weighted by Crippen LogP contribution is -2.26. The molecular weight excluding hydrogens is 246 g/mol. The normalized spacial score (nSPS) is 9.95. The molecule has 0 aromatic heterocycles. The smallest absolute Gasteiger partial charge is 0.305 e. The van der Waals surface area contributed by atoms with E-state index in [1.54, 1.807) is 24.3 Å². The Kier molecular flexibility index (Phi) is 6.43. The molecular formula is C14H19NO4. The first kappa shape index (κ1) is 15.0. The molecule has 5 heteroatoms. The number of amides is 1. The number of ether oxygens (including phenoxy) is 1. The van der Waals surface area contributed by atoms with Crippen LogP contribution in [0.4, 0.5) is 0 Å². The summed E-state index contributed by atoms with van der Waals surface area (Å²) >= 11 is 0. The zero-order valence-corrected chi connectivity index (χ0v) is 11.0. The van der Waals surface area contributed by atoms with Crippen LogP contribution in [-0.2, 0) is 4.79 Å². The van der Waals surface area contributed by atoms with Crippen LogP contribution in [0.5, 0.6) is 5.75 Å². The average molecular weight is 265 g/mol. The number of para-hydroxylation sites is 1. The third-order valence-electron chi connectivity index (χ3n) is 2.51. The maximum absolute atomic E-state index is 11.9. The highest BCUT2D eigenvalue weighted by Gasteiger charge is 2.11. The van der Waals surface area contributed by atoms with Crippen molar-refractivity contribution in [2.75, 3.05) is 13.2 Å². The second-order valence-corrected chi connectivity index (χ2v) is 4.10. The molecule has 0 atom stereocenters. The molecule has 1 amide bonds. The van der Waals surface area contributed by atoms with Crippen LogP contribution in [-0.4, -0.2) is 30.1 Å². The highest BCUT2D eigenvalue weighted by molar-refractivity contribution is 5.97. The minimum Gasteiger partial charge on any atom is -0.493 e. The van der Waals surface area contributed by atoms with Gasteiger partial charge in [0.05, 0.1) is 18.6 Å². The van der Waals surface area contributed by atoms with Crippen molar-refractivity contribution in [3.05, 3.63) is 29.8 Å². The summed E-state index contributed by atoms with van der Waals surface area (Å²) in [5.74, 6) is -0.718.